The molecule has 1 aliphatic rings. The fourth-order valence-electron chi connectivity index (χ4n) is 2.34. The maximum absolute atomic E-state index is 11.7. The van der Waals surface area contributed by atoms with E-state index < -0.39 is 5.60 Å². The number of phenolic OH excluding ortho intramolecular Hbond substituents is 1. The molecule has 0 saturated carbocycles. The summed E-state index contributed by atoms with van der Waals surface area (Å²) in [5, 5.41) is 12.4. The highest BCUT2D eigenvalue weighted by atomic mass is 16.6. The maximum atomic E-state index is 11.7. The van der Waals surface area contributed by atoms with E-state index in [1.54, 1.807) is 12.1 Å². The SMILES string of the molecule is CC(C)(C)OC(=O)N[C@H]1CCc2ccc(O)cc2C1. The van der Waals surface area contributed by atoms with Crippen LogP contribution in [0.2, 0.25) is 0 Å². The van der Waals surface area contributed by atoms with Crippen molar-refractivity contribution in [1.82, 2.24) is 5.32 Å². The van der Waals surface area contributed by atoms with Gasteiger partial charge in [0.15, 0.2) is 0 Å². The second-order valence-corrected chi connectivity index (χ2v) is 6.04. The van der Waals surface area contributed by atoms with E-state index in [-0.39, 0.29) is 17.9 Å². The monoisotopic (exact) mass is 263 g/mol. The molecule has 0 saturated heterocycles. The molecular weight excluding hydrogens is 242 g/mol. The smallest absolute Gasteiger partial charge is 0.407 e. The standard InChI is InChI=1S/C15H21NO3/c1-15(2,3)19-14(18)16-12-6-4-10-5-7-13(17)9-11(10)8-12/h5,7,9,12,17H,4,6,8H2,1-3H3,(H,16,18)/t12-/m0/s1. The van der Waals surface area contributed by atoms with Crippen LogP contribution in [0, 0.1) is 0 Å². The van der Waals surface area contributed by atoms with E-state index >= 15 is 0 Å². The summed E-state index contributed by atoms with van der Waals surface area (Å²) >= 11 is 0. The van der Waals surface area contributed by atoms with Crippen LogP contribution >= 0.6 is 0 Å². The lowest BCUT2D eigenvalue weighted by molar-refractivity contribution is 0.0500. The zero-order chi connectivity index (χ0) is 14.0. The quantitative estimate of drug-likeness (QED) is 0.819. The Kier molecular flexibility index (Phi) is 3.69. The number of benzene rings is 1. The number of amides is 1. The highest BCUT2D eigenvalue weighted by Crippen LogP contribution is 2.25. The number of nitrogens with one attached hydrogen (secondary N) is 1. The summed E-state index contributed by atoms with van der Waals surface area (Å²) in [6.07, 6.45) is 2.18. The average Bonchev–Trinajstić information content (AvgIpc) is 2.25. The molecule has 1 atom stereocenters. The molecule has 0 heterocycles. The Bertz CT molecular complexity index is 477. The molecule has 1 aromatic carbocycles. The predicted molar refractivity (Wildman–Crippen MR) is 73.3 cm³/mol. The third-order valence-corrected chi connectivity index (χ3v) is 3.14. The molecule has 0 spiro atoms. The highest BCUT2D eigenvalue weighted by Gasteiger charge is 2.23. The number of phenols is 1. The Hall–Kier alpha value is -1.71. The lowest BCUT2D eigenvalue weighted by Crippen LogP contribution is -2.41. The third kappa shape index (κ3) is 3.88. The normalized spacial score (nSPS) is 18.6. The van der Waals surface area contributed by atoms with Gasteiger partial charge in [-0.25, -0.2) is 4.79 Å². The van der Waals surface area contributed by atoms with E-state index in [9.17, 15) is 9.90 Å². The predicted octanol–water partition coefficient (Wildman–Crippen LogP) is 2.77. The highest BCUT2D eigenvalue weighted by molar-refractivity contribution is 5.68. The van der Waals surface area contributed by atoms with Crippen LogP contribution in [0.5, 0.6) is 5.75 Å². The van der Waals surface area contributed by atoms with E-state index in [0.29, 0.717) is 0 Å². The van der Waals surface area contributed by atoms with Crippen molar-refractivity contribution in [2.24, 2.45) is 0 Å². The molecule has 0 unspecified atom stereocenters. The molecule has 1 aliphatic carbocycles. The van der Waals surface area contributed by atoms with Crippen LogP contribution in [0.1, 0.15) is 38.3 Å². The number of aromatic hydroxyl groups is 1. The maximum Gasteiger partial charge on any atom is 0.407 e. The molecule has 0 aliphatic heterocycles. The minimum absolute atomic E-state index is 0.0733. The number of hydrogen-bond donors (Lipinski definition) is 2. The zero-order valence-electron chi connectivity index (χ0n) is 11.7. The Morgan fingerprint density at radius 1 is 1.37 bits per heavy atom. The van der Waals surface area contributed by atoms with Crippen LogP contribution in [0.3, 0.4) is 0 Å². The summed E-state index contributed by atoms with van der Waals surface area (Å²) in [6, 6.07) is 5.51. The molecule has 0 radical (unpaired) electrons. The van der Waals surface area contributed by atoms with Gasteiger partial charge in [0.1, 0.15) is 11.4 Å². The number of ether oxygens (including phenoxy) is 1. The van der Waals surface area contributed by atoms with Crippen LogP contribution in [-0.2, 0) is 17.6 Å². The zero-order valence-corrected chi connectivity index (χ0v) is 11.7. The molecule has 4 heteroatoms. The van der Waals surface area contributed by atoms with Gasteiger partial charge in [0, 0.05) is 6.04 Å². The molecule has 0 bridgehead atoms. The summed E-state index contributed by atoms with van der Waals surface area (Å²) < 4.78 is 5.25. The summed E-state index contributed by atoms with van der Waals surface area (Å²) in [7, 11) is 0. The van der Waals surface area contributed by atoms with Gasteiger partial charge in [0.05, 0.1) is 0 Å². The van der Waals surface area contributed by atoms with Crippen LogP contribution in [-0.4, -0.2) is 22.8 Å². The second kappa shape index (κ2) is 5.11. The largest absolute Gasteiger partial charge is 0.508 e. The topological polar surface area (TPSA) is 58.6 Å². The molecule has 1 amide bonds. The number of fused-ring (bicyclic) bond motifs is 1. The molecular formula is C15H21NO3. The first-order chi connectivity index (χ1) is 8.83. The number of carbonyl (C=O) groups is 1. The summed E-state index contributed by atoms with van der Waals surface area (Å²) in [5.41, 5.74) is 1.88. The molecule has 4 nitrogen and oxygen atoms in total. The van der Waals surface area contributed by atoms with Gasteiger partial charge < -0.3 is 15.2 Å². The minimum Gasteiger partial charge on any atom is -0.508 e. The molecule has 104 valence electrons. The van der Waals surface area contributed by atoms with E-state index in [2.05, 4.69) is 5.32 Å². The van der Waals surface area contributed by atoms with Crippen molar-refractivity contribution in [2.75, 3.05) is 0 Å². The first-order valence-corrected chi connectivity index (χ1v) is 6.64. The van der Waals surface area contributed by atoms with Gasteiger partial charge in [-0.2, -0.15) is 0 Å². The lowest BCUT2D eigenvalue weighted by atomic mass is 9.88. The number of alkyl carbamates (subject to hydrolysis) is 1. The van der Waals surface area contributed by atoms with Crippen molar-refractivity contribution in [3.8, 4) is 5.75 Å². The molecule has 2 rings (SSSR count). The molecule has 0 aromatic heterocycles. The van der Waals surface area contributed by atoms with Crippen molar-refractivity contribution < 1.29 is 14.6 Å². The molecule has 2 N–H and O–H groups in total. The number of rotatable bonds is 1. The Morgan fingerprint density at radius 2 is 2.11 bits per heavy atom. The lowest BCUT2D eigenvalue weighted by Gasteiger charge is -2.27. The fraction of sp³-hybridized carbons (Fsp3) is 0.533. The van der Waals surface area contributed by atoms with E-state index in [4.69, 9.17) is 4.74 Å². The van der Waals surface area contributed by atoms with Gasteiger partial charge in [-0.1, -0.05) is 6.07 Å². The van der Waals surface area contributed by atoms with Crippen molar-refractivity contribution >= 4 is 6.09 Å². The van der Waals surface area contributed by atoms with Crippen molar-refractivity contribution in [2.45, 2.75) is 51.7 Å². The Labute approximate surface area is 113 Å². The number of aryl methyl sites for hydroxylation is 1. The van der Waals surface area contributed by atoms with Gasteiger partial charge in [-0.3, -0.25) is 0 Å². The molecule has 1 aromatic rings. The van der Waals surface area contributed by atoms with Crippen molar-refractivity contribution in [3.05, 3.63) is 29.3 Å². The van der Waals surface area contributed by atoms with E-state index in [1.807, 2.05) is 26.8 Å². The third-order valence-electron chi connectivity index (χ3n) is 3.14. The minimum atomic E-state index is -0.477. The second-order valence-electron chi connectivity index (χ2n) is 6.04. The average molecular weight is 263 g/mol. The Morgan fingerprint density at radius 3 is 2.79 bits per heavy atom. The van der Waals surface area contributed by atoms with Crippen LogP contribution < -0.4 is 5.32 Å². The van der Waals surface area contributed by atoms with E-state index in [1.165, 1.54) is 5.56 Å². The summed E-state index contributed by atoms with van der Waals surface area (Å²) in [6.45, 7) is 5.54. The van der Waals surface area contributed by atoms with Gasteiger partial charge in [-0.05, 0) is 63.3 Å². The first-order valence-electron chi connectivity index (χ1n) is 6.64. The molecule has 0 fully saturated rings. The van der Waals surface area contributed by atoms with Crippen LogP contribution in [0.15, 0.2) is 18.2 Å². The number of hydrogen-bond acceptors (Lipinski definition) is 3. The van der Waals surface area contributed by atoms with Gasteiger partial charge in [0.25, 0.3) is 0 Å². The van der Waals surface area contributed by atoms with Crippen molar-refractivity contribution in [1.29, 1.82) is 0 Å². The first kappa shape index (κ1) is 13.7. The Balaban J connectivity index is 1.96. The summed E-state index contributed by atoms with van der Waals surface area (Å²) in [4.78, 5) is 11.7. The van der Waals surface area contributed by atoms with Gasteiger partial charge in [0.2, 0.25) is 0 Å². The van der Waals surface area contributed by atoms with Gasteiger partial charge in [-0.15, -0.1) is 0 Å². The van der Waals surface area contributed by atoms with E-state index in [0.717, 1.165) is 24.8 Å². The van der Waals surface area contributed by atoms with Crippen LogP contribution in [0.4, 0.5) is 4.79 Å². The van der Waals surface area contributed by atoms with Crippen LogP contribution in [0.25, 0.3) is 0 Å². The summed E-state index contributed by atoms with van der Waals surface area (Å²) in [5.74, 6) is 0.275. The number of carbonyl (C=O) groups excluding carboxylic acids is 1. The fourth-order valence-corrected chi connectivity index (χ4v) is 2.34. The van der Waals surface area contributed by atoms with Crippen molar-refractivity contribution in [3.63, 3.8) is 0 Å². The van der Waals surface area contributed by atoms with Gasteiger partial charge >= 0.3 is 6.09 Å². The molecule has 19 heavy (non-hydrogen) atoms.